The molecule has 3 atom stereocenters. The number of phenolic OH excluding ortho intramolecular Hbond substituents is 1. The molecule has 6 heteroatoms. The van der Waals surface area contributed by atoms with E-state index in [0.29, 0.717) is 12.2 Å². The van der Waals surface area contributed by atoms with Crippen LogP contribution < -0.4 is 10.9 Å². The molecule has 3 unspecified atom stereocenters. The van der Waals surface area contributed by atoms with Gasteiger partial charge in [0.1, 0.15) is 23.3 Å². The number of carbonyl (C=O) groups excluding carboxylic acids is 1. The fourth-order valence-electron chi connectivity index (χ4n) is 4.33. The van der Waals surface area contributed by atoms with E-state index in [1.807, 2.05) is 31.2 Å². The van der Waals surface area contributed by atoms with Crippen molar-refractivity contribution in [2.45, 2.75) is 63.6 Å². The number of likely N-dealkylation sites (tertiary alicyclic amines) is 1. The molecule has 0 saturated carbocycles. The average molecular weight is 383 g/mol. The van der Waals surface area contributed by atoms with Crippen LogP contribution in [0.5, 0.6) is 5.75 Å². The van der Waals surface area contributed by atoms with E-state index in [9.17, 15) is 9.90 Å². The Kier molecular flexibility index (Phi) is 5.69. The van der Waals surface area contributed by atoms with Crippen molar-refractivity contribution in [1.29, 1.82) is 0 Å². The monoisotopic (exact) mass is 383 g/mol. The third-order valence-corrected chi connectivity index (χ3v) is 5.92. The maximum absolute atomic E-state index is 13.2. The van der Waals surface area contributed by atoms with Gasteiger partial charge in [-0.15, -0.1) is 0 Å². The van der Waals surface area contributed by atoms with Gasteiger partial charge in [0.05, 0.1) is 6.04 Å². The summed E-state index contributed by atoms with van der Waals surface area (Å²) in [5.41, 5.74) is 7.60. The van der Waals surface area contributed by atoms with Crippen molar-refractivity contribution < 1.29 is 14.3 Å². The summed E-state index contributed by atoms with van der Waals surface area (Å²) >= 11 is 0. The van der Waals surface area contributed by atoms with Gasteiger partial charge in [-0.1, -0.05) is 12.1 Å². The second kappa shape index (κ2) is 8.37. The second-order valence-electron chi connectivity index (χ2n) is 7.96. The summed E-state index contributed by atoms with van der Waals surface area (Å²) < 4.78 is 5.71. The number of nitrogens with zero attached hydrogens (tertiary/aromatic N) is 1. The fraction of sp³-hybridized carbons (Fsp3) is 0.500. The number of amides is 1. The average Bonchev–Trinajstić information content (AvgIpc) is 3.36. The summed E-state index contributed by atoms with van der Waals surface area (Å²) in [6.45, 7) is 2.77. The maximum atomic E-state index is 13.2. The number of hydrazine groups is 1. The Morgan fingerprint density at radius 1 is 1.18 bits per heavy atom. The Labute approximate surface area is 165 Å². The maximum Gasteiger partial charge on any atom is 0.241 e. The normalized spacial score (nSPS) is 25.2. The zero-order valence-electron chi connectivity index (χ0n) is 16.4. The van der Waals surface area contributed by atoms with Crippen LogP contribution in [0.1, 0.15) is 55.2 Å². The number of rotatable bonds is 5. The first-order valence-corrected chi connectivity index (χ1v) is 10.3. The molecule has 0 bridgehead atoms. The summed E-state index contributed by atoms with van der Waals surface area (Å²) in [5.74, 6) is 2.24. The van der Waals surface area contributed by atoms with Gasteiger partial charge in [-0.25, -0.2) is 10.9 Å². The Morgan fingerprint density at radius 2 is 2.00 bits per heavy atom. The van der Waals surface area contributed by atoms with Gasteiger partial charge in [-0.05, 0) is 75.3 Å². The standard InChI is InChI=1S/C22H29N3O3/c1-15-5-12-21(28-15)19-14-20(24-23-19)22(27)25-13-3-2-4-17(25)9-6-16-7-10-18(26)11-8-16/h5,7-8,10-12,17,19-20,23-24,26H,2-4,6,9,13-14H2,1H3. The molecule has 3 heterocycles. The van der Waals surface area contributed by atoms with Gasteiger partial charge in [0.15, 0.2) is 0 Å². The molecule has 1 aromatic heterocycles. The van der Waals surface area contributed by atoms with E-state index in [-0.39, 0.29) is 24.0 Å². The molecule has 0 radical (unpaired) electrons. The van der Waals surface area contributed by atoms with Crippen molar-refractivity contribution in [3.63, 3.8) is 0 Å². The molecule has 28 heavy (non-hydrogen) atoms. The Balaban J connectivity index is 1.36. The zero-order valence-corrected chi connectivity index (χ0v) is 16.4. The molecule has 0 spiro atoms. The van der Waals surface area contributed by atoms with Crippen molar-refractivity contribution in [1.82, 2.24) is 15.8 Å². The minimum Gasteiger partial charge on any atom is -0.508 e. The van der Waals surface area contributed by atoms with Crippen molar-refractivity contribution in [2.75, 3.05) is 6.54 Å². The largest absolute Gasteiger partial charge is 0.508 e. The molecular formula is C22H29N3O3. The third-order valence-electron chi connectivity index (χ3n) is 5.92. The van der Waals surface area contributed by atoms with E-state index in [4.69, 9.17) is 4.42 Å². The third kappa shape index (κ3) is 4.23. The molecule has 2 aromatic rings. The summed E-state index contributed by atoms with van der Waals surface area (Å²) in [4.78, 5) is 15.3. The topological polar surface area (TPSA) is 77.7 Å². The number of piperidine rings is 1. The summed E-state index contributed by atoms with van der Waals surface area (Å²) in [6, 6.07) is 11.4. The molecule has 1 amide bonds. The van der Waals surface area contributed by atoms with Crippen LogP contribution in [-0.4, -0.2) is 34.5 Å². The molecule has 3 N–H and O–H groups in total. The SMILES string of the molecule is Cc1ccc(C2CC(C(=O)N3CCCCC3CCc3ccc(O)cc3)NN2)o1. The first-order valence-electron chi connectivity index (χ1n) is 10.3. The number of hydrogen-bond donors (Lipinski definition) is 3. The highest BCUT2D eigenvalue weighted by Crippen LogP contribution is 2.28. The van der Waals surface area contributed by atoms with E-state index in [1.165, 1.54) is 12.0 Å². The van der Waals surface area contributed by atoms with Gasteiger partial charge in [0.25, 0.3) is 0 Å². The molecule has 0 aliphatic carbocycles. The highest BCUT2D eigenvalue weighted by molar-refractivity contribution is 5.82. The van der Waals surface area contributed by atoms with Crippen LogP contribution in [0.25, 0.3) is 0 Å². The van der Waals surface area contributed by atoms with Crippen LogP contribution >= 0.6 is 0 Å². The van der Waals surface area contributed by atoms with Crippen LogP contribution in [0.4, 0.5) is 0 Å². The van der Waals surface area contributed by atoms with E-state index in [0.717, 1.165) is 43.7 Å². The number of phenols is 1. The predicted molar refractivity (Wildman–Crippen MR) is 107 cm³/mol. The van der Waals surface area contributed by atoms with E-state index >= 15 is 0 Å². The Bertz CT molecular complexity index is 802. The quantitative estimate of drug-likeness (QED) is 0.739. The van der Waals surface area contributed by atoms with Crippen LogP contribution in [0.15, 0.2) is 40.8 Å². The molecular weight excluding hydrogens is 354 g/mol. The van der Waals surface area contributed by atoms with E-state index < -0.39 is 0 Å². The number of carbonyl (C=O) groups is 1. The molecule has 2 aliphatic rings. The number of furan rings is 1. The number of hydrogen-bond acceptors (Lipinski definition) is 5. The molecule has 2 aliphatic heterocycles. The van der Waals surface area contributed by atoms with Gasteiger partial charge >= 0.3 is 0 Å². The van der Waals surface area contributed by atoms with Gasteiger partial charge in [-0.2, -0.15) is 0 Å². The second-order valence-corrected chi connectivity index (χ2v) is 7.96. The van der Waals surface area contributed by atoms with Crippen molar-refractivity contribution in [3.05, 3.63) is 53.5 Å². The highest BCUT2D eigenvalue weighted by Gasteiger charge is 2.37. The minimum absolute atomic E-state index is 0.0305. The first kappa shape index (κ1) is 19.0. The van der Waals surface area contributed by atoms with Crippen molar-refractivity contribution >= 4 is 5.91 Å². The highest BCUT2D eigenvalue weighted by atomic mass is 16.3. The summed E-state index contributed by atoms with van der Waals surface area (Å²) in [5, 5.41) is 9.44. The van der Waals surface area contributed by atoms with E-state index in [1.54, 1.807) is 12.1 Å². The van der Waals surface area contributed by atoms with Gasteiger partial charge in [-0.3, -0.25) is 4.79 Å². The van der Waals surface area contributed by atoms with Crippen LogP contribution in [0.3, 0.4) is 0 Å². The lowest BCUT2D eigenvalue weighted by Gasteiger charge is -2.37. The van der Waals surface area contributed by atoms with Crippen LogP contribution in [-0.2, 0) is 11.2 Å². The first-order chi connectivity index (χ1) is 13.6. The molecule has 1 aromatic carbocycles. The fourth-order valence-corrected chi connectivity index (χ4v) is 4.33. The van der Waals surface area contributed by atoms with Crippen molar-refractivity contribution in [2.24, 2.45) is 0 Å². The summed E-state index contributed by atoms with van der Waals surface area (Å²) in [6.07, 6.45) is 5.88. The molecule has 4 rings (SSSR count). The van der Waals surface area contributed by atoms with Gasteiger partial charge in [0, 0.05) is 12.6 Å². The number of aryl methyl sites for hydroxylation is 2. The van der Waals surface area contributed by atoms with E-state index in [2.05, 4.69) is 15.8 Å². The number of aromatic hydroxyl groups is 1. The molecule has 150 valence electrons. The Hall–Kier alpha value is -2.31. The zero-order chi connectivity index (χ0) is 19.5. The summed E-state index contributed by atoms with van der Waals surface area (Å²) in [7, 11) is 0. The smallest absolute Gasteiger partial charge is 0.241 e. The molecule has 2 saturated heterocycles. The lowest BCUT2D eigenvalue weighted by Crippen LogP contribution is -2.51. The number of nitrogens with one attached hydrogen (secondary N) is 2. The lowest BCUT2D eigenvalue weighted by molar-refractivity contribution is -0.137. The van der Waals surface area contributed by atoms with Gasteiger partial charge in [0.2, 0.25) is 5.91 Å². The molecule has 2 fully saturated rings. The number of benzene rings is 1. The lowest BCUT2D eigenvalue weighted by atomic mass is 9.94. The van der Waals surface area contributed by atoms with Gasteiger partial charge < -0.3 is 14.4 Å². The predicted octanol–water partition coefficient (Wildman–Crippen LogP) is 3.22. The minimum atomic E-state index is -0.218. The molecule has 6 nitrogen and oxygen atoms in total. The van der Waals surface area contributed by atoms with Crippen LogP contribution in [0, 0.1) is 6.92 Å². The van der Waals surface area contributed by atoms with Crippen molar-refractivity contribution in [3.8, 4) is 5.75 Å². The Morgan fingerprint density at radius 3 is 2.75 bits per heavy atom. The van der Waals surface area contributed by atoms with Crippen LogP contribution in [0.2, 0.25) is 0 Å².